The van der Waals surface area contributed by atoms with Crippen LogP contribution in [0.25, 0.3) is 5.57 Å². The lowest BCUT2D eigenvalue weighted by molar-refractivity contribution is -0.148. The Kier molecular flexibility index (Phi) is 11.1. The Labute approximate surface area is 239 Å². The van der Waals surface area contributed by atoms with Gasteiger partial charge in [0.25, 0.3) is 0 Å². The van der Waals surface area contributed by atoms with Gasteiger partial charge in [-0.15, -0.1) is 12.4 Å². The summed E-state index contributed by atoms with van der Waals surface area (Å²) in [6.07, 6.45) is 3.47. The molecule has 0 N–H and O–H groups in total. The maximum atomic E-state index is 12.8. The van der Waals surface area contributed by atoms with E-state index in [1.54, 1.807) is 0 Å². The molecule has 0 atom stereocenters. The van der Waals surface area contributed by atoms with Crippen LogP contribution in [0.4, 0.5) is 0 Å². The number of carbonyl (C=O) groups is 2. The molecule has 1 saturated heterocycles. The zero-order valence-corrected chi connectivity index (χ0v) is 24.1. The summed E-state index contributed by atoms with van der Waals surface area (Å²) >= 11 is 0. The van der Waals surface area contributed by atoms with Crippen LogP contribution in [0.2, 0.25) is 0 Å². The van der Waals surface area contributed by atoms with E-state index in [-0.39, 0.29) is 24.2 Å². The normalized spacial score (nSPS) is 13.9. The molecule has 1 heterocycles. The van der Waals surface area contributed by atoms with Crippen molar-refractivity contribution < 1.29 is 14.3 Å². The van der Waals surface area contributed by atoms with Gasteiger partial charge in [0.1, 0.15) is 0 Å². The highest BCUT2D eigenvalue weighted by molar-refractivity contribution is 5.96. The second-order valence-corrected chi connectivity index (χ2v) is 10.5. The first kappa shape index (κ1) is 30.3. The van der Waals surface area contributed by atoms with Crippen LogP contribution in [0.5, 0.6) is 0 Å². The van der Waals surface area contributed by atoms with Crippen molar-refractivity contribution >= 4 is 29.7 Å². The van der Waals surface area contributed by atoms with Crippen molar-refractivity contribution in [2.75, 3.05) is 26.2 Å². The highest BCUT2D eigenvalue weighted by Crippen LogP contribution is 2.32. The Balaban J connectivity index is 0.00000420. The number of ketones is 1. The summed E-state index contributed by atoms with van der Waals surface area (Å²) in [6.45, 7) is 8.83. The fourth-order valence-corrected chi connectivity index (χ4v) is 5.19. The van der Waals surface area contributed by atoms with Gasteiger partial charge in [-0.2, -0.15) is 0 Å². The van der Waals surface area contributed by atoms with Crippen molar-refractivity contribution in [3.05, 3.63) is 113 Å². The molecule has 1 fully saturated rings. The van der Waals surface area contributed by atoms with E-state index >= 15 is 0 Å². The minimum atomic E-state index is -0.736. The average molecular weight is 546 g/mol. The molecule has 0 bridgehead atoms. The lowest BCUT2D eigenvalue weighted by Crippen LogP contribution is -2.32. The average Bonchev–Trinajstić information content (AvgIpc) is 2.95. The number of nitrogens with zero attached hydrogens (tertiary/aromatic N) is 1. The molecule has 0 aliphatic carbocycles. The van der Waals surface area contributed by atoms with Gasteiger partial charge in [-0.25, -0.2) is 0 Å². The molecule has 206 valence electrons. The van der Waals surface area contributed by atoms with E-state index in [1.807, 2.05) is 45.0 Å². The first-order valence-corrected chi connectivity index (χ1v) is 13.8. The van der Waals surface area contributed by atoms with Crippen molar-refractivity contribution in [1.29, 1.82) is 0 Å². The summed E-state index contributed by atoms with van der Waals surface area (Å²) in [4.78, 5) is 27.6. The molecule has 0 radical (unpaired) electrons. The molecule has 5 heteroatoms. The van der Waals surface area contributed by atoms with Gasteiger partial charge in [-0.1, -0.05) is 90.5 Å². The Hall–Kier alpha value is -3.21. The maximum absolute atomic E-state index is 12.8. The number of hydrogen-bond acceptors (Lipinski definition) is 4. The zero-order valence-electron chi connectivity index (χ0n) is 23.3. The third-order valence-electron chi connectivity index (χ3n) is 7.53. The van der Waals surface area contributed by atoms with Gasteiger partial charge >= 0.3 is 5.97 Å². The summed E-state index contributed by atoms with van der Waals surface area (Å²) in [5, 5.41) is 0. The molecule has 4 rings (SSSR count). The number of likely N-dealkylation sites (tertiary alicyclic amines) is 1. The van der Waals surface area contributed by atoms with E-state index in [2.05, 4.69) is 65.6 Å². The van der Waals surface area contributed by atoms with Crippen molar-refractivity contribution in [3.8, 4) is 0 Å². The molecule has 0 aromatic heterocycles. The smallest absolute Gasteiger partial charge is 0.315 e. The number of ether oxygens (including phenoxy) is 1. The van der Waals surface area contributed by atoms with Crippen molar-refractivity contribution in [2.45, 2.75) is 51.9 Å². The Morgan fingerprint density at radius 2 is 1.33 bits per heavy atom. The summed E-state index contributed by atoms with van der Waals surface area (Å²) in [7, 11) is 0. The minimum Gasteiger partial charge on any atom is -0.465 e. The molecule has 4 nitrogen and oxygen atoms in total. The van der Waals surface area contributed by atoms with Crippen molar-refractivity contribution in [1.82, 2.24) is 4.90 Å². The number of Topliss-reactive ketones (excluding diaryl/α,β-unsaturated/α-hetero) is 1. The van der Waals surface area contributed by atoms with Gasteiger partial charge in [0, 0.05) is 25.1 Å². The van der Waals surface area contributed by atoms with Gasteiger partial charge in [0.05, 0.1) is 12.0 Å². The van der Waals surface area contributed by atoms with Crippen LogP contribution in [0.15, 0.2) is 90.5 Å². The van der Waals surface area contributed by atoms with E-state index in [1.165, 1.54) is 22.3 Å². The second kappa shape index (κ2) is 14.3. The third-order valence-corrected chi connectivity index (χ3v) is 7.53. The lowest BCUT2D eigenvalue weighted by atomic mass is 9.84. The number of halogens is 1. The van der Waals surface area contributed by atoms with Gasteiger partial charge in [-0.05, 0) is 68.8 Å². The lowest BCUT2D eigenvalue weighted by Gasteiger charge is -2.30. The molecule has 0 saturated carbocycles. The van der Waals surface area contributed by atoms with Crippen LogP contribution in [0.1, 0.15) is 73.5 Å². The second-order valence-electron chi connectivity index (χ2n) is 10.5. The standard InChI is InChI=1S/C34H39NO3.ClH/c1-4-38-33(37)34(2,3)30-19-17-26(18-20-30)31(36)16-11-23-35-24-21-29(22-25-35)32(27-12-7-5-8-13-27)28-14-9-6-10-15-28;/h5-10,12-15,17-20H,4,11,16,21-25H2,1-3H3;1H. The van der Waals surface area contributed by atoms with Crippen LogP contribution in [0.3, 0.4) is 0 Å². The SMILES string of the molecule is CCOC(=O)C(C)(C)c1ccc(C(=O)CCCN2CCC(=C(c3ccccc3)c3ccccc3)CC2)cc1.Cl. The summed E-state index contributed by atoms with van der Waals surface area (Å²) in [5.41, 5.74) is 6.27. The van der Waals surface area contributed by atoms with Crippen LogP contribution in [-0.4, -0.2) is 42.9 Å². The van der Waals surface area contributed by atoms with E-state index < -0.39 is 5.41 Å². The monoisotopic (exact) mass is 545 g/mol. The fourth-order valence-electron chi connectivity index (χ4n) is 5.19. The number of benzene rings is 3. The summed E-state index contributed by atoms with van der Waals surface area (Å²) < 4.78 is 5.20. The van der Waals surface area contributed by atoms with Crippen LogP contribution in [-0.2, 0) is 14.9 Å². The van der Waals surface area contributed by atoms with Gasteiger partial charge in [-0.3, -0.25) is 9.59 Å². The zero-order chi connectivity index (χ0) is 27.0. The van der Waals surface area contributed by atoms with Crippen LogP contribution in [0, 0.1) is 0 Å². The number of carbonyl (C=O) groups excluding carboxylic acids is 2. The molecule has 3 aromatic carbocycles. The highest BCUT2D eigenvalue weighted by atomic mass is 35.5. The van der Waals surface area contributed by atoms with Gasteiger partial charge < -0.3 is 9.64 Å². The number of esters is 1. The van der Waals surface area contributed by atoms with Crippen LogP contribution >= 0.6 is 12.4 Å². The Morgan fingerprint density at radius 3 is 1.85 bits per heavy atom. The largest absolute Gasteiger partial charge is 0.465 e. The molecule has 39 heavy (non-hydrogen) atoms. The van der Waals surface area contributed by atoms with Crippen molar-refractivity contribution in [2.24, 2.45) is 0 Å². The number of hydrogen-bond donors (Lipinski definition) is 0. The predicted octanol–water partition coefficient (Wildman–Crippen LogP) is 7.51. The summed E-state index contributed by atoms with van der Waals surface area (Å²) in [5.74, 6) is -0.100. The molecule has 1 aliphatic heterocycles. The third kappa shape index (κ3) is 7.68. The predicted molar refractivity (Wildman–Crippen MR) is 161 cm³/mol. The van der Waals surface area contributed by atoms with Crippen LogP contribution < -0.4 is 0 Å². The summed E-state index contributed by atoms with van der Waals surface area (Å²) in [6, 6.07) is 28.8. The molecule has 0 unspecified atom stereocenters. The Bertz CT molecular complexity index is 1200. The number of rotatable bonds is 10. The van der Waals surface area contributed by atoms with E-state index in [9.17, 15) is 9.59 Å². The van der Waals surface area contributed by atoms with Crippen molar-refractivity contribution in [3.63, 3.8) is 0 Å². The van der Waals surface area contributed by atoms with Gasteiger partial charge in [0.15, 0.2) is 5.78 Å². The maximum Gasteiger partial charge on any atom is 0.315 e. The van der Waals surface area contributed by atoms with Gasteiger partial charge in [0.2, 0.25) is 0 Å². The van der Waals surface area contributed by atoms with E-state index in [0.717, 1.165) is 44.5 Å². The molecule has 1 aliphatic rings. The fraction of sp³-hybridized carbons (Fsp3) is 0.353. The quantitative estimate of drug-likeness (QED) is 0.195. The van der Waals surface area contributed by atoms with E-state index in [4.69, 9.17) is 4.74 Å². The molecule has 0 spiro atoms. The Morgan fingerprint density at radius 1 is 0.795 bits per heavy atom. The molecule has 3 aromatic rings. The molecular weight excluding hydrogens is 506 g/mol. The number of piperidine rings is 1. The molecule has 0 amide bonds. The minimum absolute atomic E-state index is 0. The highest BCUT2D eigenvalue weighted by Gasteiger charge is 2.31. The first-order chi connectivity index (χ1) is 18.4. The molecular formula is C34H40ClNO3. The topological polar surface area (TPSA) is 46.6 Å². The first-order valence-electron chi connectivity index (χ1n) is 13.8. The van der Waals surface area contributed by atoms with E-state index in [0.29, 0.717) is 18.6 Å².